The van der Waals surface area contributed by atoms with Gasteiger partial charge < -0.3 is 24.3 Å². The molecule has 0 radical (unpaired) electrons. The SMILES string of the molecule is Cc1cc(C(F)(F)F)ccc1C(=O)Nc1ccc(Oc2c(C(=O)N3CCN(Cc4ccc(OC(F)F)cc4)CC3)n(C)c3ccccc23)nc1. The zero-order chi connectivity index (χ0) is 35.6. The Labute approximate surface area is 283 Å². The van der Waals surface area contributed by atoms with E-state index in [9.17, 15) is 31.5 Å². The molecule has 0 spiro atoms. The molecule has 1 aliphatic rings. The first kappa shape index (κ1) is 34.4. The molecule has 50 heavy (non-hydrogen) atoms. The largest absolute Gasteiger partial charge is 0.436 e. The minimum Gasteiger partial charge on any atom is -0.436 e. The van der Waals surface area contributed by atoms with Crippen LogP contribution in [0.5, 0.6) is 17.4 Å². The number of piperazine rings is 1. The molecular formula is C36H32F5N5O4. The van der Waals surface area contributed by atoms with Gasteiger partial charge >= 0.3 is 12.8 Å². The Kier molecular flexibility index (Phi) is 9.73. The summed E-state index contributed by atoms with van der Waals surface area (Å²) in [6, 6.07) is 19.9. The van der Waals surface area contributed by atoms with Gasteiger partial charge in [-0.05, 0) is 66.6 Å². The number of rotatable bonds is 9. The monoisotopic (exact) mass is 693 g/mol. The molecule has 0 aliphatic carbocycles. The number of aryl methyl sites for hydroxylation is 2. The first-order chi connectivity index (χ1) is 23.9. The zero-order valence-corrected chi connectivity index (χ0v) is 27.0. The number of ether oxygens (including phenoxy) is 2. The highest BCUT2D eigenvalue weighted by atomic mass is 19.4. The quantitative estimate of drug-likeness (QED) is 0.161. The lowest BCUT2D eigenvalue weighted by atomic mass is 10.0. The molecule has 3 heterocycles. The number of amides is 2. The zero-order valence-electron chi connectivity index (χ0n) is 27.0. The first-order valence-electron chi connectivity index (χ1n) is 15.6. The van der Waals surface area contributed by atoms with Crippen molar-refractivity contribution in [3.05, 3.63) is 113 Å². The summed E-state index contributed by atoms with van der Waals surface area (Å²) in [6.45, 7) is 1.25. The fraction of sp³-hybridized carbons (Fsp3) is 0.250. The molecule has 0 bridgehead atoms. The first-order valence-corrected chi connectivity index (χ1v) is 15.6. The molecule has 260 valence electrons. The number of fused-ring (bicyclic) bond motifs is 1. The third-order valence-electron chi connectivity index (χ3n) is 8.48. The van der Waals surface area contributed by atoms with E-state index in [1.165, 1.54) is 31.3 Å². The van der Waals surface area contributed by atoms with E-state index in [-0.39, 0.29) is 28.7 Å². The van der Waals surface area contributed by atoms with E-state index in [0.29, 0.717) is 55.2 Å². The molecule has 1 saturated heterocycles. The van der Waals surface area contributed by atoms with Crippen molar-refractivity contribution in [2.24, 2.45) is 7.05 Å². The second kappa shape index (κ2) is 14.2. The van der Waals surface area contributed by atoms with Gasteiger partial charge in [0.25, 0.3) is 11.8 Å². The van der Waals surface area contributed by atoms with E-state index >= 15 is 0 Å². The maximum absolute atomic E-state index is 14.0. The fourth-order valence-corrected chi connectivity index (χ4v) is 5.91. The number of pyridine rings is 1. The number of carbonyl (C=O) groups excluding carboxylic acids is 2. The van der Waals surface area contributed by atoms with Gasteiger partial charge in [-0.3, -0.25) is 14.5 Å². The highest BCUT2D eigenvalue weighted by Gasteiger charge is 2.32. The van der Waals surface area contributed by atoms with Crippen molar-refractivity contribution in [1.29, 1.82) is 0 Å². The number of para-hydroxylation sites is 1. The van der Waals surface area contributed by atoms with Crippen LogP contribution in [0, 0.1) is 6.92 Å². The van der Waals surface area contributed by atoms with Crippen LogP contribution >= 0.6 is 0 Å². The Balaban J connectivity index is 1.14. The van der Waals surface area contributed by atoms with E-state index in [2.05, 4.69) is 19.9 Å². The van der Waals surface area contributed by atoms with Crippen LogP contribution < -0.4 is 14.8 Å². The van der Waals surface area contributed by atoms with E-state index in [1.807, 2.05) is 24.3 Å². The summed E-state index contributed by atoms with van der Waals surface area (Å²) in [4.78, 5) is 35.1. The van der Waals surface area contributed by atoms with Gasteiger partial charge in [0.1, 0.15) is 5.75 Å². The summed E-state index contributed by atoms with van der Waals surface area (Å²) in [5.74, 6) is -0.231. The summed E-state index contributed by atoms with van der Waals surface area (Å²) < 4.78 is 76.5. The van der Waals surface area contributed by atoms with Crippen molar-refractivity contribution in [2.75, 3.05) is 31.5 Å². The Morgan fingerprint density at radius 2 is 1.66 bits per heavy atom. The van der Waals surface area contributed by atoms with Gasteiger partial charge in [0, 0.05) is 56.8 Å². The highest BCUT2D eigenvalue weighted by Crippen LogP contribution is 2.37. The Morgan fingerprint density at radius 3 is 2.30 bits per heavy atom. The molecule has 5 aromatic rings. The second-order valence-electron chi connectivity index (χ2n) is 11.8. The van der Waals surface area contributed by atoms with Gasteiger partial charge in [-0.25, -0.2) is 4.98 Å². The standard InChI is InChI=1S/C36H32F5N5O4/c1-22-19-24(36(39,40)41)9-13-27(22)33(47)43-25-10-14-30(42-20-25)50-32-28-5-3-4-6-29(28)44(2)31(32)34(48)46-17-15-45(16-18-46)21-23-7-11-26(12-8-23)49-35(37)38/h3-14,19-20,35H,15-18,21H2,1-2H3,(H,43,47). The van der Waals surface area contributed by atoms with Crippen LogP contribution in [0.4, 0.5) is 27.6 Å². The molecule has 14 heteroatoms. The summed E-state index contributed by atoms with van der Waals surface area (Å²) in [7, 11) is 1.79. The molecule has 9 nitrogen and oxygen atoms in total. The lowest BCUT2D eigenvalue weighted by Gasteiger charge is -2.35. The van der Waals surface area contributed by atoms with Crippen molar-refractivity contribution >= 4 is 28.4 Å². The van der Waals surface area contributed by atoms with Crippen LogP contribution in [0.25, 0.3) is 10.9 Å². The van der Waals surface area contributed by atoms with Gasteiger partial charge in [0.15, 0.2) is 11.4 Å². The number of aromatic nitrogens is 2. The number of hydrogen-bond donors (Lipinski definition) is 1. The molecule has 6 rings (SSSR count). The van der Waals surface area contributed by atoms with Gasteiger partial charge in [-0.15, -0.1) is 0 Å². The summed E-state index contributed by atoms with van der Waals surface area (Å²) in [5.41, 5.74) is 1.78. The van der Waals surface area contributed by atoms with Crippen molar-refractivity contribution in [3.8, 4) is 17.4 Å². The van der Waals surface area contributed by atoms with Crippen LogP contribution in [-0.2, 0) is 19.8 Å². The van der Waals surface area contributed by atoms with E-state index in [0.717, 1.165) is 29.3 Å². The highest BCUT2D eigenvalue weighted by molar-refractivity contribution is 6.05. The molecular weight excluding hydrogens is 661 g/mol. The van der Waals surface area contributed by atoms with Crippen LogP contribution in [-0.4, -0.2) is 64.0 Å². The Bertz CT molecular complexity index is 2010. The minimum atomic E-state index is -4.52. The lowest BCUT2D eigenvalue weighted by Crippen LogP contribution is -2.48. The maximum atomic E-state index is 14.0. The van der Waals surface area contributed by atoms with Gasteiger partial charge in [0.2, 0.25) is 5.88 Å². The van der Waals surface area contributed by atoms with Crippen molar-refractivity contribution in [1.82, 2.24) is 19.4 Å². The predicted molar refractivity (Wildman–Crippen MR) is 176 cm³/mol. The van der Waals surface area contributed by atoms with E-state index < -0.39 is 24.3 Å². The smallest absolute Gasteiger partial charge is 0.416 e. The Hall–Kier alpha value is -5.50. The van der Waals surface area contributed by atoms with Crippen molar-refractivity contribution < 1.29 is 41.0 Å². The normalized spacial score (nSPS) is 13.9. The number of halogens is 5. The third kappa shape index (κ3) is 7.54. The molecule has 2 aromatic heterocycles. The average Bonchev–Trinajstić information content (AvgIpc) is 3.36. The van der Waals surface area contributed by atoms with Crippen LogP contribution in [0.2, 0.25) is 0 Å². The molecule has 1 N–H and O–H groups in total. The maximum Gasteiger partial charge on any atom is 0.416 e. The predicted octanol–water partition coefficient (Wildman–Crippen LogP) is 7.50. The van der Waals surface area contributed by atoms with Crippen molar-refractivity contribution in [3.63, 3.8) is 0 Å². The molecule has 0 saturated carbocycles. The lowest BCUT2D eigenvalue weighted by molar-refractivity contribution is -0.137. The molecule has 2 amide bonds. The van der Waals surface area contributed by atoms with Crippen LogP contribution in [0.15, 0.2) is 85.1 Å². The van der Waals surface area contributed by atoms with Crippen molar-refractivity contribution in [2.45, 2.75) is 26.3 Å². The number of hydrogen-bond acceptors (Lipinski definition) is 6. The number of alkyl halides is 5. The number of carbonyl (C=O) groups is 2. The van der Waals surface area contributed by atoms with Crippen LogP contribution in [0.3, 0.4) is 0 Å². The molecule has 1 aliphatic heterocycles. The van der Waals surface area contributed by atoms with Crippen LogP contribution in [0.1, 0.15) is 37.5 Å². The average molecular weight is 694 g/mol. The molecule has 3 aromatic carbocycles. The van der Waals surface area contributed by atoms with E-state index in [4.69, 9.17) is 4.74 Å². The second-order valence-corrected chi connectivity index (χ2v) is 11.8. The number of benzene rings is 3. The van der Waals surface area contributed by atoms with Gasteiger partial charge in [-0.2, -0.15) is 22.0 Å². The third-order valence-corrected chi connectivity index (χ3v) is 8.48. The summed E-state index contributed by atoms with van der Waals surface area (Å²) in [6.07, 6.45) is -3.16. The van der Waals surface area contributed by atoms with Gasteiger partial charge in [0.05, 0.1) is 23.0 Å². The van der Waals surface area contributed by atoms with Gasteiger partial charge in [-0.1, -0.05) is 24.3 Å². The number of nitrogens with one attached hydrogen (secondary N) is 1. The Morgan fingerprint density at radius 1 is 0.940 bits per heavy atom. The van der Waals surface area contributed by atoms with E-state index in [1.54, 1.807) is 34.7 Å². The number of nitrogens with zero attached hydrogens (tertiary/aromatic N) is 4. The topological polar surface area (TPSA) is 88.9 Å². The molecule has 1 fully saturated rings. The molecule has 0 unspecified atom stereocenters. The number of anilines is 1. The minimum absolute atomic E-state index is 0.0921. The molecule has 0 atom stereocenters. The summed E-state index contributed by atoms with van der Waals surface area (Å²) >= 11 is 0. The summed E-state index contributed by atoms with van der Waals surface area (Å²) in [5, 5.41) is 3.34. The fourth-order valence-electron chi connectivity index (χ4n) is 5.91.